The molecule has 0 radical (unpaired) electrons. The van der Waals surface area contributed by atoms with Gasteiger partial charge in [-0.05, 0) is 25.7 Å². The van der Waals surface area contributed by atoms with E-state index < -0.39 is 0 Å². The molecule has 7 heteroatoms. The molecule has 1 amide bonds. The number of aliphatic imine (C=N–C) groups is 1. The molecule has 0 aromatic carbocycles. The second-order valence-electron chi connectivity index (χ2n) is 6.28. The summed E-state index contributed by atoms with van der Waals surface area (Å²) in [6.45, 7) is 8.07. The van der Waals surface area contributed by atoms with Crippen molar-refractivity contribution in [3.8, 4) is 0 Å². The summed E-state index contributed by atoms with van der Waals surface area (Å²) in [7, 11) is 0. The van der Waals surface area contributed by atoms with E-state index in [0.29, 0.717) is 43.9 Å². The molecule has 0 spiro atoms. The van der Waals surface area contributed by atoms with E-state index >= 15 is 0 Å². The average Bonchev–Trinajstić information content (AvgIpc) is 3.03. The maximum atomic E-state index is 12.0. The maximum Gasteiger partial charge on any atom is 0.409 e. The topological polar surface area (TPSA) is 68.2 Å². The lowest BCUT2D eigenvalue weighted by molar-refractivity contribution is -0.143. The number of piperidine rings is 1. The number of carbonyl (C=O) groups excluding carboxylic acids is 2. The SMILES string of the molecule is CCOC(=O)C1CSC(C2CCN(C(=O)OCC(C)C)CC2)=N1. The number of nitrogens with zero attached hydrogens (tertiary/aromatic N) is 2. The van der Waals surface area contributed by atoms with E-state index in [9.17, 15) is 9.59 Å². The van der Waals surface area contributed by atoms with Crippen LogP contribution in [0.3, 0.4) is 0 Å². The number of ether oxygens (including phenoxy) is 2. The first-order valence-electron chi connectivity index (χ1n) is 8.30. The molecule has 0 bridgehead atoms. The van der Waals surface area contributed by atoms with E-state index in [0.717, 1.165) is 17.9 Å². The lowest BCUT2D eigenvalue weighted by Gasteiger charge is -2.31. The van der Waals surface area contributed by atoms with Crippen molar-refractivity contribution in [1.82, 2.24) is 4.90 Å². The Bertz CT molecular complexity index is 459. The van der Waals surface area contributed by atoms with Crippen molar-refractivity contribution >= 4 is 28.9 Å². The summed E-state index contributed by atoms with van der Waals surface area (Å²) >= 11 is 1.65. The minimum Gasteiger partial charge on any atom is -0.464 e. The number of carbonyl (C=O) groups is 2. The van der Waals surface area contributed by atoms with Crippen molar-refractivity contribution in [2.75, 3.05) is 32.1 Å². The number of rotatable bonds is 5. The fourth-order valence-corrected chi connectivity index (χ4v) is 3.83. The van der Waals surface area contributed by atoms with Gasteiger partial charge in [0, 0.05) is 24.8 Å². The third kappa shape index (κ3) is 5.12. The lowest BCUT2D eigenvalue weighted by atomic mass is 9.98. The molecule has 0 N–H and O–H groups in total. The summed E-state index contributed by atoms with van der Waals surface area (Å²) < 4.78 is 10.3. The smallest absolute Gasteiger partial charge is 0.409 e. The van der Waals surface area contributed by atoms with Crippen LogP contribution in [-0.4, -0.2) is 60.1 Å². The van der Waals surface area contributed by atoms with Gasteiger partial charge in [0.2, 0.25) is 0 Å². The highest BCUT2D eigenvalue weighted by atomic mass is 32.2. The quantitative estimate of drug-likeness (QED) is 0.718. The molecule has 130 valence electrons. The van der Waals surface area contributed by atoms with E-state index in [1.165, 1.54) is 0 Å². The third-order valence-electron chi connectivity index (χ3n) is 3.87. The summed E-state index contributed by atoms with van der Waals surface area (Å²) in [4.78, 5) is 30.0. The zero-order chi connectivity index (χ0) is 16.8. The van der Waals surface area contributed by atoms with Crippen molar-refractivity contribution in [3.63, 3.8) is 0 Å². The molecular formula is C16H26N2O4S. The number of hydrogen-bond acceptors (Lipinski definition) is 6. The van der Waals surface area contributed by atoms with Crippen molar-refractivity contribution in [3.05, 3.63) is 0 Å². The van der Waals surface area contributed by atoms with Crippen LogP contribution in [0.15, 0.2) is 4.99 Å². The van der Waals surface area contributed by atoms with Crippen LogP contribution in [-0.2, 0) is 14.3 Å². The van der Waals surface area contributed by atoms with Gasteiger partial charge in [0.05, 0.1) is 18.3 Å². The number of likely N-dealkylation sites (tertiary alicyclic amines) is 1. The second-order valence-corrected chi connectivity index (χ2v) is 7.32. The molecule has 6 nitrogen and oxygen atoms in total. The molecule has 1 saturated heterocycles. The largest absolute Gasteiger partial charge is 0.464 e. The first-order chi connectivity index (χ1) is 11.0. The third-order valence-corrected chi connectivity index (χ3v) is 5.09. The molecule has 0 aromatic heterocycles. The Morgan fingerprint density at radius 1 is 1.30 bits per heavy atom. The summed E-state index contributed by atoms with van der Waals surface area (Å²) in [6.07, 6.45) is 1.53. The van der Waals surface area contributed by atoms with Gasteiger partial charge in [-0.1, -0.05) is 13.8 Å². The van der Waals surface area contributed by atoms with Crippen molar-refractivity contribution in [2.45, 2.75) is 39.7 Å². The van der Waals surface area contributed by atoms with Gasteiger partial charge in [0.15, 0.2) is 6.04 Å². The van der Waals surface area contributed by atoms with Crippen LogP contribution in [0.4, 0.5) is 4.79 Å². The van der Waals surface area contributed by atoms with Gasteiger partial charge >= 0.3 is 12.1 Å². The molecule has 23 heavy (non-hydrogen) atoms. The van der Waals surface area contributed by atoms with Crippen LogP contribution < -0.4 is 0 Å². The molecule has 2 aliphatic rings. The normalized spacial score (nSPS) is 22.2. The predicted molar refractivity (Wildman–Crippen MR) is 90.8 cm³/mol. The Labute approximate surface area is 142 Å². The number of esters is 1. The Kier molecular flexibility index (Phi) is 6.74. The standard InChI is InChI=1S/C16H26N2O4S/c1-4-21-15(19)13-10-23-14(17-13)12-5-7-18(8-6-12)16(20)22-9-11(2)3/h11-13H,4-10H2,1-3H3. The van der Waals surface area contributed by atoms with Gasteiger partial charge in [-0.25, -0.2) is 9.59 Å². The minimum absolute atomic E-state index is 0.220. The first-order valence-corrected chi connectivity index (χ1v) is 9.28. The highest BCUT2D eigenvalue weighted by Crippen LogP contribution is 2.30. The van der Waals surface area contributed by atoms with Crippen molar-refractivity contribution in [1.29, 1.82) is 0 Å². The van der Waals surface area contributed by atoms with Gasteiger partial charge in [-0.2, -0.15) is 0 Å². The molecular weight excluding hydrogens is 316 g/mol. The van der Waals surface area contributed by atoms with E-state index in [2.05, 4.69) is 4.99 Å². The molecule has 0 aliphatic carbocycles. The summed E-state index contributed by atoms with van der Waals surface area (Å²) in [5.41, 5.74) is 0. The summed E-state index contributed by atoms with van der Waals surface area (Å²) in [6, 6.07) is -0.357. The zero-order valence-electron chi connectivity index (χ0n) is 14.1. The molecule has 2 rings (SSSR count). The molecule has 2 aliphatic heterocycles. The van der Waals surface area contributed by atoms with Crippen LogP contribution >= 0.6 is 11.8 Å². The van der Waals surface area contributed by atoms with Gasteiger partial charge in [-0.15, -0.1) is 11.8 Å². The fourth-order valence-electron chi connectivity index (χ4n) is 2.61. The van der Waals surface area contributed by atoms with Crippen molar-refractivity contribution in [2.24, 2.45) is 16.8 Å². The number of amides is 1. The lowest BCUT2D eigenvalue weighted by Crippen LogP contribution is -2.40. The van der Waals surface area contributed by atoms with Gasteiger partial charge < -0.3 is 14.4 Å². The maximum absolute atomic E-state index is 12.0. The van der Waals surface area contributed by atoms with Crippen LogP contribution in [0.2, 0.25) is 0 Å². The van der Waals surface area contributed by atoms with Crippen LogP contribution in [0.25, 0.3) is 0 Å². The Hall–Kier alpha value is -1.24. The Balaban J connectivity index is 1.79. The van der Waals surface area contributed by atoms with Crippen LogP contribution in [0.1, 0.15) is 33.6 Å². The van der Waals surface area contributed by atoms with Crippen LogP contribution in [0, 0.1) is 11.8 Å². The molecule has 0 aromatic rings. The zero-order valence-corrected chi connectivity index (χ0v) is 14.9. The van der Waals surface area contributed by atoms with Gasteiger partial charge in [0.1, 0.15) is 0 Å². The molecule has 1 unspecified atom stereocenters. The summed E-state index contributed by atoms with van der Waals surface area (Å²) in [5, 5.41) is 1.04. The molecule has 0 saturated carbocycles. The molecule has 2 heterocycles. The van der Waals surface area contributed by atoms with Gasteiger partial charge in [0.25, 0.3) is 0 Å². The first kappa shape index (κ1) is 18.1. The fraction of sp³-hybridized carbons (Fsp3) is 0.812. The second kappa shape index (κ2) is 8.57. The van der Waals surface area contributed by atoms with E-state index in [4.69, 9.17) is 9.47 Å². The van der Waals surface area contributed by atoms with E-state index in [1.54, 1.807) is 23.6 Å². The monoisotopic (exact) mass is 342 g/mol. The minimum atomic E-state index is -0.357. The molecule has 1 fully saturated rings. The highest BCUT2D eigenvalue weighted by Gasteiger charge is 2.33. The van der Waals surface area contributed by atoms with Crippen LogP contribution in [0.5, 0.6) is 0 Å². The Morgan fingerprint density at radius 3 is 2.61 bits per heavy atom. The van der Waals surface area contributed by atoms with Crippen molar-refractivity contribution < 1.29 is 19.1 Å². The molecule has 1 atom stereocenters. The predicted octanol–water partition coefficient (Wildman–Crippen LogP) is 2.57. The van der Waals surface area contributed by atoms with Gasteiger partial charge in [-0.3, -0.25) is 4.99 Å². The number of thioether (sulfide) groups is 1. The highest BCUT2D eigenvalue weighted by molar-refractivity contribution is 8.14. The summed E-state index contributed by atoms with van der Waals surface area (Å²) in [5.74, 6) is 1.13. The Morgan fingerprint density at radius 2 is 2.00 bits per heavy atom. The average molecular weight is 342 g/mol. The van der Waals surface area contributed by atoms with E-state index in [-0.39, 0.29) is 18.1 Å². The number of hydrogen-bond donors (Lipinski definition) is 0. The van der Waals surface area contributed by atoms with E-state index in [1.807, 2.05) is 13.8 Å².